The minimum absolute atomic E-state index is 0.126. The van der Waals surface area contributed by atoms with Crippen molar-refractivity contribution in [1.29, 1.82) is 0 Å². The van der Waals surface area contributed by atoms with Crippen LogP contribution in [-0.4, -0.2) is 26.4 Å². The summed E-state index contributed by atoms with van der Waals surface area (Å²) in [4.78, 5) is 12.2. The third-order valence-corrected chi connectivity index (χ3v) is 5.75. The van der Waals surface area contributed by atoms with Crippen molar-refractivity contribution in [2.24, 2.45) is 7.05 Å². The Balaban J connectivity index is 1.32. The molecule has 0 atom stereocenters. The van der Waals surface area contributed by atoms with Crippen LogP contribution in [0.5, 0.6) is 5.75 Å². The van der Waals surface area contributed by atoms with E-state index in [4.69, 9.17) is 16.3 Å². The van der Waals surface area contributed by atoms with Gasteiger partial charge in [-0.2, -0.15) is 0 Å². The number of hydrogen-bond acceptors (Lipinski definition) is 5. The van der Waals surface area contributed by atoms with Crippen LogP contribution in [0.4, 0.5) is 5.69 Å². The van der Waals surface area contributed by atoms with Crippen LogP contribution < -0.4 is 10.1 Å². The first-order valence-corrected chi connectivity index (χ1v) is 10.6. The molecule has 1 aromatic heterocycles. The first-order chi connectivity index (χ1) is 14.6. The molecular formula is C22H19ClN4O2S. The maximum Gasteiger partial charge on any atom is 0.234 e. The van der Waals surface area contributed by atoms with Crippen LogP contribution in [0.25, 0.3) is 10.8 Å². The smallest absolute Gasteiger partial charge is 0.234 e. The van der Waals surface area contributed by atoms with Gasteiger partial charge in [-0.1, -0.05) is 53.7 Å². The number of benzene rings is 3. The van der Waals surface area contributed by atoms with Crippen LogP contribution in [0.2, 0.25) is 5.02 Å². The molecule has 0 fully saturated rings. The van der Waals surface area contributed by atoms with Gasteiger partial charge >= 0.3 is 0 Å². The lowest BCUT2D eigenvalue weighted by Crippen LogP contribution is -2.14. The van der Waals surface area contributed by atoms with Crippen molar-refractivity contribution in [3.8, 4) is 5.75 Å². The second-order valence-electron chi connectivity index (χ2n) is 6.60. The Morgan fingerprint density at radius 3 is 2.63 bits per heavy atom. The fourth-order valence-electron chi connectivity index (χ4n) is 2.86. The number of carbonyl (C=O) groups is 1. The fourth-order valence-corrected chi connectivity index (χ4v) is 3.72. The molecule has 0 aliphatic carbocycles. The molecule has 30 heavy (non-hydrogen) atoms. The number of carbonyl (C=O) groups excluding carboxylic acids is 1. The molecule has 0 aliphatic rings. The summed E-state index contributed by atoms with van der Waals surface area (Å²) < 4.78 is 7.72. The standard InChI is InChI=1S/C22H19ClN4O2S/c1-27-20(13-29-19-11-6-15-4-2-3-5-16(15)12-19)25-26-22(27)30-14-21(28)24-18-9-7-17(23)8-10-18/h2-12H,13-14H2,1H3,(H,24,28). The van der Waals surface area contributed by atoms with Gasteiger partial charge < -0.3 is 14.6 Å². The third kappa shape index (κ3) is 4.93. The van der Waals surface area contributed by atoms with Crippen molar-refractivity contribution < 1.29 is 9.53 Å². The van der Waals surface area contributed by atoms with Gasteiger partial charge in [0.25, 0.3) is 0 Å². The number of anilines is 1. The lowest BCUT2D eigenvalue weighted by molar-refractivity contribution is -0.113. The van der Waals surface area contributed by atoms with Crippen molar-refractivity contribution in [2.75, 3.05) is 11.1 Å². The molecular weight excluding hydrogens is 420 g/mol. The number of hydrogen-bond donors (Lipinski definition) is 1. The van der Waals surface area contributed by atoms with Crippen molar-refractivity contribution in [3.63, 3.8) is 0 Å². The van der Waals surface area contributed by atoms with E-state index in [0.717, 1.165) is 11.1 Å². The van der Waals surface area contributed by atoms with Crippen LogP contribution >= 0.6 is 23.4 Å². The van der Waals surface area contributed by atoms with Crippen LogP contribution in [0.1, 0.15) is 5.82 Å². The van der Waals surface area contributed by atoms with Crippen LogP contribution in [0.15, 0.2) is 71.9 Å². The van der Waals surface area contributed by atoms with Gasteiger partial charge in [-0.15, -0.1) is 10.2 Å². The van der Waals surface area contributed by atoms with E-state index < -0.39 is 0 Å². The molecule has 4 aromatic rings. The first kappa shape index (κ1) is 20.3. The zero-order valence-corrected chi connectivity index (χ0v) is 17.8. The Morgan fingerprint density at radius 2 is 1.83 bits per heavy atom. The van der Waals surface area contributed by atoms with E-state index in [0.29, 0.717) is 28.3 Å². The molecule has 4 rings (SSSR count). The Labute approximate surface area is 183 Å². The zero-order valence-electron chi connectivity index (χ0n) is 16.2. The number of aromatic nitrogens is 3. The quantitative estimate of drug-likeness (QED) is 0.414. The minimum Gasteiger partial charge on any atom is -0.486 e. The molecule has 1 heterocycles. The summed E-state index contributed by atoms with van der Waals surface area (Å²) in [5.41, 5.74) is 0.701. The van der Waals surface area contributed by atoms with Crippen LogP contribution in [0.3, 0.4) is 0 Å². The number of thioether (sulfide) groups is 1. The average Bonchev–Trinajstić information content (AvgIpc) is 3.11. The van der Waals surface area contributed by atoms with Crippen LogP contribution in [0, 0.1) is 0 Å². The highest BCUT2D eigenvalue weighted by atomic mass is 35.5. The molecule has 0 radical (unpaired) electrons. The maximum absolute atomic E-state index is 12.2. The molecule has 0 saturated heterocycles. The molecule has 3 aromatic carbocycles. The highest BCUT2D eigenvalue weighted by molar-refractivity contribution is 7.99. The van der Waals surface area contributed by atoms with Gasteiger partial charge in [-0.25, -0.2) is 0 Å². The van der Waals surface area contributed by atoms with Crippen molar-refractivity contribution in [2.45, 2.75) is 11.8 Å². The molecule has 0 spiro atoms. The molecule has 8 heteroatoms. The molecule has 6 nitrogen and oxygen atoms in total. The number of halogens is 1. The predicted molar refractivity (Wildman–Crippen MR) is 120 cm³/mol. The minimum atomic E-state index is -0.126. The summed E-state index contributed by atoms with van der Waals surface area (Å²) in [6.07, 6.45) is 0. The van der Waals surface area contributed by atoms with E-state index >= 15 is 0 Å². The van der Waals surface area contributed by atoms with Crippen molar-refractivity contribution >= 4 is 45.7 Å². The summed E-state index contributed by atoms with van der Waals surface area (Å²) >= 11 is 7.17. The second kappa shape index (κ2) is 9.19. The molecule has 152 valence electrons. The SMILES string of the molecule is Cn1c(COc2ccc3ccccc3c2)nnc1SCC(=O)Nc1ccc(Cl)cc1. The van der Waals surface area contributed by atoms with Crippen LogP contribution in [-0.2, 0) is 18.4 Å². The number of fused-ring (bicyclic) bond motifs is 1. The maximum atomic E-state index is 12.2. The van der Waals surface area contributed by atoms with Gasteiger partial charge in [0.15, 0.2) is 11.0 Å². The second-order valence-corrected chi connectivity index (χ2v) is 7.98. The largest absolute Gasteiger partial charge is 0.486 e. The van der Waals surface area contributed by atoms with Gasteiger partial charge in [0.1, 0.15) is 12.4 Å². The van der Waals surface area contributed by atoms with E-state index in [9.17, 15) is 4.79 Å². The number of nitrogens with zero attached hydrogens (tertiary/aromatic N) is 3. The Kier molecular flexibility index (Phi) is 6.21. The van der Waals surface area contributed by atoms with E-state index in [1.54, 1.807) is 24.3 Å². The van der Waals surface area contributed by atoms with E-state index in [1.165, 1.54) is 17.1 Å². The van der Waals surface area contributed by atoms with Gasteiger partial charge in [0, 0.05) is 17.8 Å². The Bertz CT molecular complexity index is 1180. The summed E-state index contributed by atoms with van der Waals surface area (Å²) in [6, 6.07) is 21.1. The van der Waals surface area contributed by atoms with Gasteiger partial charge in [0.05, 0.1) is 5.75 Å². The van der Waals surface area contributed by atoms with Gasteiger partial charge in [-0.3, -0.25) is 4.79 Å². The highest BCUT2D eigenvalue weighted by Gasteiger charge is 2.12. The lowest BCUT2D eigenvalue weighted by Gasteiger charge is -2.08. The monoisotopic (exact) mass is 438 g/mol. The zero-order chi connectivity index (χ0) is 20.9. The number of amides is 1. The Morgan fingerprint density at radius 1 is 1.07 bits per heavy atom. The fraction of sp³-hybridized carbons (Fsp3) is 0.136. The normalized spacial score (nSPS) is 10.9. The number of ether oxygens (including phenoxy) is 1. The molecule has 0 unspecified atom stereocenters. The topological polar surface area (TPSA) is 69.0 Å². The molecule has 0 aliphatic heterocycles. The predicted octanol–water partition coefficient (Wildman–Crippen LogP) is 4.93. The van der Waals surface area contributed by atoms with Crippen molar-refractivity contribution in [3.05, 3.63) is 77.6 Å². The van der Waals surface area contributed by atoms with Gasteiger partial charge in [-0.05, 0) is 47.2 Å². The summed E-state index contributed by atoms with van der Waals surface area (Å²) in [5, 5.41) is 14.7. The summed E-state index contributed by atoms with van der Waals surface area (Å²) in [5.74, 6) is 1.55. The molecule has 0 saturated carbocycles. The number of nitrogens with one attached hydrogen (secondary N) is 1. The average molecular weight is 439 g/mol. The van der Waals surface area contributed by atoms with E-state index in [2.05, 4.69) is 21.6 Å². The van der Waals surface area contributed by atoms with E-state index in [1.807, 2.05) is 48.0 Å². The molecule has 1 N–H and O–H groups in total. The van der Waals surface area contributed by atoms with Crippen molar-refractivity contribution in [1.82, 2.24) is 14.8 Å². The first-order valence-electron chi connectivity index (χ1n) is 9.26. The number of rotatable bonds is 7. The summed E-state index contributed by atoms with van der Waals surface area (Å²) in [7, 11) is 1.86. The lowest BCUT2D eigenvalue weighted by atomic mass is 10.1. The highest BCUT2D eigenvalue weighted by Crippen LogP contribution is 2.22. The third-order valence-electron chi connectivity index (χ3n) is 4.47. The summed E-state index contributed by atoms with van der Waals surface area (Å²) in [6.45, 7) is 0.291. The van der Waals surface area contributed by atoms with Gasteiger partial charge in [0.2, 0.25) is 5.91 Å². The Hall–Kier alpha value is -3.03. The van der Waals surface area contributed by atoms with E-state index in [-0.39, 0.29) is 11.7 Å². The molecule has 1 amide bonds. The molecule has 0 bridgehead atoms.